The van der Waals surface area contributed by atoms with Gasteiger partial charge in [0.25, 0.3) is 21.8 Å². The number of imidazole rings is 1. The Hall–Kier alpha value is -3.92. The summed E-state index contributed by atoms with van der Waals surface area (Å²) < 4.78 is 55.9. The Morgan fingerprint density at radius 3 is 2.18 bits per heavy atom. The number of halogens is 2. The molecule has 0 atom stereocenters. The number of carbonyl (C=O) groups excluding carboxylic acids is 2. The first-order valence-corrected chi connectivity index (χ1v) is 11.8. The Morgan fingerprint density at radius 1 is 0.882 bits per heavy atom. The third kappa shape index (κ3) is 3.38. The van der Waals surface area contributed by atoms with Gasteiger partial charge in [0.2, 0.25) is 0 Å². The van der Waals surface area contributed by atoms with E-state index in [9.17, 15) is 26.8 Å². The molecule has 7 nitrogen and oxygen atoms in total. The number of aromatic nitrogens is 2. The van der Waals surface area contributed by atoms with Gasteiger partial charge in [0.05, 0.1) is 27.1 Å². The summed E-state index contributed by atoms with van der Waals surface area (Å²) in [5.41, 5.74) is 1.01. The first kappa shape index (κ1) is 21.9. The molecule has 0 saturated carbocycles. The first-order chi connectivity index (χ1) is 16.2. The zero-order valence-corrected chi connectivity index (χ0v) is 18.6. The molecule has 0 radical (unpaired) electrons. The lowest BCUT2D eigenvalue weighted by molar-refractivity contribution is 0.0655. The molecule has 0 N–H and O–H groups in total. The smallest absolute Gasteiger partial charge is 0.269 e. The summed E-state index contributed by atoms with van der Waals surface area (Å²) in [5.74, 6) is -3.45. The number of imide groups is 1. The number of fused-ring (bicyclic) bond motifs is 2. The molecular formula is C24H17F2N3O4S. The highest BCUT2D eigenvalue weighted by Crippen LogP contribution is 2.27. The lowest BCUT2D eigenvalue weighted by Gasteiger charge is -2.15. The van der Waals surface area contributed by atoms with E-state index in [1.165, 1.54) is 12.1 Å². The average molecular weight is 481 g/mol. The van der Waals surface area contributed by atoms with Gasteiger partial charge >= 0.3 is 0 Å². The van der Waals surface area contributed by atoms with Crippen molar-refractivity contribution in [1.82, 2.24) is 13.9 Å². The molecule has 34 heavy (non-hydrogen) atoms. The second-order valence-electron chi connectivity index (χ2n) is 7.93. The highest BCUT2D eigenvalue weighted by molar-refractivity contribution is 7.90. The fraction of sp³-hybridized carbons (Fsp3) is 0.125. The van der Waals surface area contributed by atoms with E-state index in [-0.39, 0.29) is 45.8 Å². The monoisotopic (exact) mass is 481 g/mol. The van der Waals surface area contributed by atoms with Gasteiger partial charge in [-0.15, -0.1) is 0 Å². The number of rotatable bonds is 5. The van der Waals surface area contributed by atoms with E-state index in [4.69, 9.17) is 0 Å². The number of nitrogens with zero attached hydrogens (tertiary/aromatic N) is 3. The van der Waals surface area contributed by atoms with Gasteiger partial charge in [0.15, 0.2) is 11.6 Å². The van der Waals surface area contributed by atoms with E-state index in [0.29, 0.717) is 5.56 Å². The van der Waals surface area contributed by atoms with Crippen LogP contribution in [-0.2, 0) is 16.4 Å². The quantitative estimate of drug-likeness (QED) is 0.406. The topological polar surface area (TPSA) is 89.3 Å². The van der Waals surface area contributed by atoms with Crippen LogP contribution in [0, 0.1) is 18.6 Å². The molecule has 1 aromatic heterocycles. The molecule has 4 aromatic rings. The van der Waals surface area contributed by atoms with Crippen molar-refractivity contribution in [1.29, 1.82) is 0 Å². The molecule has 0 saturated heterocycles. The fourth-order valence-electron chi connectivity index (χ4n) is 4.06. The van der Waals surface area contributed by atoms with Gasteiger partial charge in [0, 0.05) is 25.1 Å². The Kier molecular flexibility index (Phi) is 5.05. The van der Waals surface area contributed by atoms with Gasteiger partial charge in [-0.05, 0) is 36.8 Å². The lowest BCUT2D eigenvalue weighted by atomic mass is 10.1. The maximum Gasteiger partial charge on any atom is 0.269 e. The molecule has 172 valence electrons. The van der Waals surface area contributed by atoms with Crippen molar-refractivity contribution < 1.29 is 26.8 Å². The van der Waals surface area contributed by atoms with Crippen LogP contribution in [0.5, 0.6) is 0 Å². The van der Waals surface area contributed by atoms with Crippen molar-refractivity contribution in [2.45, 2.75) is 18.2 Å². The summed E-state index contributed by atoms with van der Waals surface area (Å²) in [7, 11) is -4.25. The number of hydrogen-bond acceptors (Lipinski definition) is 5. The number of amides is 2. The van der Waals surface area contributed by atoms with Gasteiger partial charge < -0.3 is 0 Å². The standard InChI is InChI=1S/C24H17F2N3O4S/c1-14-5-4-6-15(11-14)34(32,33)29-21-13-19(26)18(25)12-20(21)27-22(29)9-10-28-23(30)16-7-2-3-8-17(16)24(28)31/h2-8,11-13H,9-10H2,1H3. The summed E-state index contributed by atoms with van der Waals surface area (Å²) in [6, 6.07) is 14.1. The molecule has 3 aromatic carbocycles. The van der Waals surface area contributed by atoms with Crippen molar-refractivity contribution in [2.24, 2.45) is 0 Å². The van der Waals surface area contributed by atoms with Crippen LogP contribution < -0.4 is 0 Å². The maximum atomic E-state index is 14.1. The predicted molar refractivity (Wildman–Crippen MR) is 119 cm³/mol. The minimum Gasteiger partial charge on any atom is -0.274 e. The number of aryl methyl sites for hydroxylation is 1. The molecule has 0 spiro atoms. The van der Waals surface area contributed by atoms with E-state index in [0.717, 1.165) is 21.0 Å². The van der Waals surface area contributed by atoms with Gasteiger partial charge in [-0.2, -0.15) is 0 Å². The minimum absolute atomic E-state index is 0.0569. The summed E-state index contributed by atoms with van der Waals surface area (Å²) >= 11 is 0. The van der Waals surface area contributed by atoms with Gasteiger partial charge in [-0.25, -0.2) is 26.2 Å². The molecule has 10 heteroatoms. The fourth-order valence-corrected chi connectivity index (χ4v) is 5.67. The lowest BCUT2D eigenvalue weighted by Crippen LogP contribution is -2.32. The maximum absolute atomic E-state index is 14.1. The largest absolute Gasteiger partial charge is 0.274 e. The highest BCUT2D eigenvalue weighted by atomic mass is 32.2. The summed E-state index contributed by atoms with van der Waals surface area (Å²) in [6.07, 6.45) is -0.144. The normalized spacial score (nSPS) is 13.7. The highest BCUT2D eigenvalue weighted by Gasteiger charge is 2.35. The summed E-state index contributed by atoms with van der Waals surface area (Å²) in [5, 5.41) is 0. The van der Waals surface area contributed by atoms with Crippen LogP contribution in [0.25, 0.3) is 11.0 Å². The SMILES string of the molecule is Cc1cccc(S(=O)(=O)n2c(CCN3C(=O)c4ccccc4C3=O)nc3cc(F)c(F)cc32)c1. The van der Waals surface area contributed by atoms with E-state index in [2.05, 4.69) is 4.98 Å². The van der Waals surface area contributed by atoms with Crippen molar-refractivity contribution >= 4 is 32.9 Å². The molecule has 1 aliphatic heterocycles. The molecule has 0 unspecified atom stereocenters. The van der Waals surface area contributed by atoms with Crippen LogP contribution in [0.3, 0.4) is 0 Å². The first-order valence-electron chi connectivity index (χ1n) is 10.3. The Balaban J connectivity index is 1.59. The molecular weight excluding hydrogens is 464 g/mol. The van der Waals surface area contributed by atoms with Crippen LogP contribution in [0.4, 0.5) is 8.78 Å². The predicted octanol–water partition coefficient (Wildman–Crippen LogP) is 3.70. The van der Waals surface area contributed by atoms with Crippen molar-refractivity contribution in [3.05, 3.63) is 94.8 Å². The number of benzene rings is 3. The number of hydrogen-bond donors (Lipinski definition) is 0. The van der Waals surface area contributed by atoms with Crippen molar-refractivity contribution in [3.8, 4) is 0 Å². The average Bonchev–Trinajstić information content (AvgIpc) is 3.27. The molecule has 5 rings (SSSR count). The molecule has 0 fully saturated rings. The minimum atomic E-state index is -4.25. The second kappa shape index (κ2) is 7.84. The van der Waals surface area contributed by atoms with Crippen molar-refractivity contribution in [2.75, 3.05) is 6.54 Å². The van der Waals surface area contributed by atoms with E-state index >= 15 is 0 Å². The van der Waals surface area contributed by atoms with Gasteiger partial charge in [-0.3, -0.25) is 14.5 Å². The molecule has 0 bridgehead atoms. The van der Waals surface area contributed by atoms with Crippen LogP contribution in [0.15, 0.2) is 65.6 Å². The third-order valence-electron chi connectivity index (χ3n) is 5.69. The molecule has 1 aliphatic rings. The van der Waals surface area contributed by atoms with Crippen LogP contribution in [0.2, 0.25) is 0 Å². The van der Waals surface area contributed by atoms with E-state index in [1.54, 1.807) is 43.3 Å². The van der Waals surface area contributed by atoms with E-state index < -0.39 is 33.5 Å². The Labute approximate surface area is 193 Å². The third-order valence-corrected chi connectivity index (χ3v) is 7.42. The zero-order chi connectivity index (χ0) is 24.2. The molecule has 0 aliphatic carbocycles. The summed E-state index contributed by atoms with van der Waals surface area (Å²) in [4.78, 5) is 30.6. The van der Waals surface area contributed by atoms with Gasteiger partial charge in [-0.1, -0.05) is 24.3 Å². The van der Waals surface area contributed by atoms with E-state index in [1.807, 2.05) is 0 Å². The second-order valence-corrected chi connectivity index (χ2v) is 9.71. The van der Waals surface area contributed by atoms with Gasteiger partial charge in [0.1, 0.15) is 5.82 Å². The Morgan fingerprint density at radius 2 is 1.53 bits per heavy atom. The zero-order valence-electron chi connectivity index (χ0n) is 17.8. The summed E-state index contributed by atoms with van der Waals surface area (Å²) in [6.45, 7) is 1.56. The van der Waals surface area contributed by atoms with Crippen LogP contribution >= 0.6 is 0 Å². The Bertz CT molecular complexity index is 1580. The van der Waals surface area contributed by atoms with Crippen molar-refractivity contribution in [3.63, 3.8) is 0 Å². The van der Waals surface area contributed by atoms with Crippen LogP contribution in [-0.4, -0.2) is 40.6 Å². The number of carbonyl (C=O) groups is 2. The molecule has 2 heterocycles. The molecule has 2 amide bonds. The van der Waals surface area contributed by atoms with Crippen LogP contribution in [0.1, 0.15) is 32.1 Å².